The maximum Gasteiger partial charge on any atom is 0.125 e. The molecule has 0 aliphatic carbocycles. The number of allylic oxidation sites excluding steroid dienone is 1. The van der Waals surface area contributed by atoms with E-state index in [9.17, 15) is 4.39 Å². The van der Waals surface area contributed by atoms with Crippen molar-refractivity contribution in [2.24, 2.45) is 0 Å². The molecule has 0 unspecified atom stereocenters. The van der Waals surface area contributed by atoms with E-state index < -0.39 is 0 Å². The highest BCUT2D eigenvalue weighted by Crippen LogP contribution is 2.16. The number of hydrogen-bond acceptors (Lipinski definition) is 0. The summed E-state index contributed by atoms with van der Waals surface area (Å²) < 4.78 is 14.9. The highest BCUT2D eigenvalue weighted by molar-refractivity contribution is 6.25. The van der Waals surface area contributed by atoms with Gasteiger partial charge in [0, 0.05) is 18.3 Å². The van der Waals surface area contributed by atoms with Crippen LogP contribution in [0, 0.1) is 5.82 Å². The van der Waals surface area contributed by atoms with Crippen LogP contribution >= 0.6 is 11.6 Å². The average Bonchev–Trinajstić information content (AvgIpc) is 2.57. The quantitative estimate of drug-likeness (QED) is 0.713. The lowest BCUT2D eigenvalue weighted by atomic mass is 10.2. The van der Waals surface area contributed by atoms with Crippen LogP contribution in [-0.4, -0.2) is 4.57 Å². The molecule has 0 bridgehead atoms. The second-order valence-corrected chi connectivity index (χ2v) is 3.28. The molecule has 0 radical (unpaired) electrons. The van der Waals surface area contributed by atoms with Crippen LogP contribution in [0.15, 0.2) is 42.1 Å². The van der Waals surface area contributed by atoms with Crippen LogP contribution in [0.1, 0.15) is 0 Å². The summed E-state index contributed by atoms with van der Waals surface area (Å²) in [5, 5.41) is 1.04. The lowest BCUT2D eigenvalue weighted by molar-refractivity contribution is 0.628. The SMILES string of the molecule is Fc1ccc2ccn(C/C=C/Cl)c2c1. The van der Waals surface area contributed by atoms with Crippen molar-refractivity contribution >= 4 is 22.5 Å². The van der Waals surface area contributed by atoms with Gasteiger partial charge in [-0.2, -0.15) is 0 Å². The molecule has 72 valence electrons. The number of fused-ring (bicyclic) bond motifs is 1. The molecule has 1 aromatic carbocycles. The van der Waals surface area contributed by atoms with Gasteiger partial charge >= 0.3 is 0 Å². The molecule has 3 heteroatoms. The Morgan fingerprint density at radius 1 is 1.36 bits per heavy atom. The molecule has 1 nitrogen and oxygen atoms in total. The Kier molecular flexibility index (Phi) is 2.55. The Morgan fingerprint density at radius 2 is 2.21 bits per heavy atom. The Balaban J connectivity index is 2.49. The fourth-order valence-corrected chi connectivity index (χ4v) is 1.55. The van der Waals surface area contributed by atoms with Crippen LogP contribution in [0.2, 0.25) is 0 Å². The summed E-state index contributed by atoms with van der Waals surface area (Å²) in [6.45, 7) is 0.663. The molecule has 0 aliphatic rings. The first-order valence-corrected chi connectivity index (χ1v) is 4.74. The van der Waals surface area contributed by atoms with Crippen molar-refractivity contribution in [1.29, 1.82) is 0 Å². The molecule has 0 aliphatic heterocycles. The first-order valence-electron chi connectivity index (χ1n) is 4.31. The number of rotatable bonds is 2. The van der Waals surface area contributed by atoms with E-state index in [1.807, 2.05) is 22.9 Å². The fraction of sp³-hybridized carbons (Fsp3) is 0.0909. The van der Waals surface area contributed by atoms with Crippen LogP contribution < -0.4 is 0 Å². The Bertz CT molecular complexity index is 473. The minimum Gasteiger partial charge on any atom is -0.344 e. The second kappa shape index (κ2) is 3.84. The van der Waals surface area contributed by atoms with E-state index in [2.05, 4.69) is 0 Å². The number of hydrogen-bond donors (Lipinski definition) is 0. The highest BCUT2D eigenvalue weighted by atomic mass is 35.5. The van der Waals surface area contributed by atoms with E-state index >= 15 is 0 Å². The molecule has 2 rings (SSSR count). The van der Waals surface area contributed by atoms with Gasteiger partial charge in [0.25, 0.3) is 0 Å². The number of nitrogens with zero attached hydrogens (tertiary/aromatic N) is 1. The zero-order chi connectivity index (χ0) is 9.97. The smallest absolute Gasteiger partial charge is 0.125 e. The summed E-state index contributed by atoms with van der Waals surface area (Å²) in [5.74, 6) is -0.215. The molecule has 14 heavy (non-hydrogen) atoms. The number of aromatic nitrogens is 1. The van der Waals surface area contributed by atoms with Gasteiger partial charge < -0.3 is 4.57 Å². The molecule has 0 saturated carbocycles. The van der Waals surface area contributed by atoms with Crippen LogP contribution in [0.5, 0.6) is 0 Å². The molecule has 0 fully saturated rings. The van der Waals surface area contributed by atoms with E-state index in [1.165, 1.54) is 17.7 Å². The number of benzene rings is 1. The summed E-state index contributed by atoms with van der Waals surface area (Å²) >= 11 is 5.43. The second-order valence-electron chi connectivity index (χ2n) is 3.03. The molecule has 0 saturated heterocycles. The lowest BCUT2D eigenvalue weighted by Crippen LogP contribution is -1.92. The van der Waals surface area contributed by atoms with Gasteiger partial charge in [-0.05, 0) is 29.7 Å². The maximum atomic E-state index is 13.0. The van der Waals surface area contributed by atoms with Crippen molar-refractivity contribution in [3.05, 3.63) is 47.9 Å². The van der Waals surface area contributed by atoms with E-state index in [4.69, 9.17) is 11.6 Å². The van der Waals surface area contributed by atoms with Gasteiger partial charge in [0.1, 0.15) is 5.82 Å². The van der Waals surface area contributed by atoms with Gasteiger partial charge in [0.2, 0.25) is 0 Å². The van der Waals surface area contributed by atoms with Crippen molar-refractivity contribution in [2.45, 2.75) is 6.54 Å². The molecular formula is C11H9ClFN. The lowest BCUT2D eigenvalue weighted by Gasteiger charge is -2.00. The Morgan fingerprint density at radius 3 is 3.00 bits per heavy atom. The predicted octanol–water partition coefficient (Wildman–Crippen LogP) is 3.53. The predicted molar refractivity (Wildman–Crippen MR) is 56.9 cm³/mol. The standard InChI is InChI=1S/C11H9ClFN/c12-5-1-6-14-7-4-9-2-3-10(13)8-11(9)14/h1-5,7-8H,6H2/b5-1+. The van der Waals surface area contributed by atoms with Gasteiger partial charge in [-0.15, -0.1) is 0 Å². The van der Waals surface area contributed by atoms with Crippen molar-refractivity contribution in [2.75, 3.05) is 0 Å². The third-order valence-corrected chi connectivity index (χ3v) is 2.31. The summed E-state index contributed by atoms with van der Waals surface area (Å²) in [4.78, 5) is 0. The fourth-order valence-electron chi connectivity index (χ4n) is 1.47. The highest BCUT2D eigenvalue weighted by Gasteiger charge is 2.00. The Labute approximate surface area is 86.4 Å². The van der Waals surface area contributed by atoms with Gasteiger partial charge in [0.15, 0.2) is 0 Å². The molecule has 0 spiro atoms. The van der Waals surface area contributed by atoms with Crippen LogP contribution in [0.3, 0.4) is 0 Å². The van der Waals surface area contributed by atoms with E-state index in [-0.39, 0.29) is 5.82 Å². The van der Waals surface area contributed by atoms with E-state index in [0.717, 1.165) is 10.9 Å². The molecule has 0 amide bonds. The average molecular weight is 210 g/mol. The molecule has 1 aromatic heterocycles. The van der Waals surface area contributed by atoms with Crippen LogP contribution in [0.25, 0.3) is 10.9 Å². The number of halogens is 2. The van der Waals surface area contributed by atoms with E-state index in [0.29, 0.717) is 6.54 Å². The minimum atomic E-state index is -0.215. The monoisotopic (exact) mass is 209 g/mol. The van der Waals surface area contributed by atoms with Crippen molar-refractivity contribution in [3.63, 3.8) is 0 Å². The first-order chi connectivity index (χ1) is 6.81. The van der Waals surface area contributed by atoms with Crippen LogP contribution in [-0.2, 0) is 6.54 Å². The first kappa shape index (κ1) is 9.28. The zero-order valence-electron chi connectivity index (χ0n) is 7.45. The topological polar surface area (TPSA) is 4.93 Å². The van der Waals surface area contributed by atoms with Crippen molar-refractivity contribution in [1.82, 2.24) is 4.57 Å². The summed E-state index contributed by atoms with van der Waals surface area (Å²) in [6.07, 6.45) is 3.73. The minimum absolute atomic E-state index is 0.215. The van der Waals surface area contributed by atoms with Gasteiger partial charge in [0.05, 0.1) is 5.52 Å². The molecule has 0 N–H and O–H groups in total. The molecule has 1 heterocycles. The molecule has 2 aromatic rings. The summed E-state index contributed by atoms with van der Waals surface area (Å²) in [5.41, 5.74) is 2.35. The third-order valence-electron chi connectivity index (χ3n) is 2.13. The maximum absolute atomic E-state index is 13.0. The molecule has 0 atom stereocenters. The Hall–Kier alpha value is -1.28. The summed E-state index contributed by atoms with van der Waals surface area (Å²) in [6, 6.07) is 6.71. The third kappa shape index (κ3) is 1.66. The molecular weight excluding hydrogens is 201 g/mol. The summed E-state index contributed by atoms with van der Waals surface area (Å²) in [7, 11) is 0. The largest absolute Gasteiger partial charge is 0.344 e. The zero-order valence-corrected chi connectivity index (χ0v) is 8.21. The normalized spacial score (nSPS) is 11.6. The van der Waals surface area contributed by atoms with Gasteiger partial charge in [-0.3, -0.25) is 0 Å². The van der Waals surface area contributed by atoms with Gasteiger partial charge in [-0.25, -0.2) is 4.39 Å². The van der Waals surface area contributed by atoms with Gasteiger partial charge in [-0.1, -0.05) is 17.7 Å². The van der Waals surface area contributed by atoms with Crippen molar-refractivity contribution in [3.8, 4) is 0 Å². The van der Waals surface area contributed by atoms with Crippen LogP contribution in [0.4, 0.5) is 4.39 Å². The van der Waals surface area contributed by atoms with E-state index in [1.54, 1.807) is 6.07 Å². The van der Waals surface area contributed by atoms with Crippen molar-refractivity contribution < 1.29 is 4.39 Å².